The first-order valence-corrected chi connectivity index (χ1v) is 3.07. The molecule has 0 aliphatic heterocycles. The Kier molecular flexibility index (Phi) is 13.2. The Bertz CT molecular complexity index is 121. The summed E-state index contributed by atoms with van der Waals surface area (Å²) in [7, 11) is 0. The van der Waals surface area contributed by atoms with Crippen molar-refractivity contribution in [3.05, 3.63) is 0 Å². The van der Waals surface area contributed by atoms with Crippen molar-refractivity contribution in [2.24, 2.45) is 5.73 Å². The summed E-state index contributed by atoms with van der Waals surface area (Å²) in [6.07, 6.45) is 0.0694. The zero-order chi connectivity index (χ0) is 8.41. The Hall–Kier alpha value is -0.790. The molecule has 0 atom stereocenters. The Morgan fingerprint density at radius 3 is 2.20 bits per heavy atom. The molecule has 0 bridgehead atoms. The van der Waals surface area contributed by atoms with E-state index >= 15 is 0 Å². The number of aliphatic carboxylic acids is 1. The van der Waals surface area contributed by atoms with Gasteiger partial charge in [0.05, 0.1) is 12.5 Å². The van der Waals surface area contributed by atoms with E-state index < -0.39 is 5.97 Å². The molecular weight excluding hydrogens is 156 g/mol. The van der Waals surface area contributed by atoms with Gasteiger partial charge in [0.2, 0.25) is 0 Å². The maximum absolute atomic E-state index is 9.52. The van der Waals surface area contributed by atoms with Crippen LogP contribution < -0.4 is 5.73 Å². The van der Waals surface area contributed by atoms with Crippen molar-refractivity contribution in [2.45, 2.75) is 6.42 Å². The first kappa shape index (κ1) is 11.9. The number of rotatable bonds is 2. The molecule has 0 saturated carbocycles. The van der Waals surface area contributed by atoms with E-state index in [0.717, 1.165) is 0 Å². The molecule has 0 heterocycles. The summed E-state index contributed by atoms with van der Waals surface area (Å²) in [5, 5.41) is 15.3. The molecule has 10 heavy (non-hydrogen) atoms. The van der Waals surface area contributed by atoms with Gasteiger partial charge in [-0.25, -0.2) is 0 Å². The molecule has 0 radical (unpaired) electrons. The quantitative estimate of drug-likeness (QED) is 0.570. The van der Waals surface area contributed by atoms with Gasteiger partial charge in [0, 0.05) is 6.54 Å². The van der Waals surface area contributed by atoms with Crippen molar-refractivity contribution >= 4 is 17.6 Å². The van der Waals surface area contributed by atoms with Crippen molar-refractivity contribution in [3.8, 4) is 6.07 Å². The van der Waals surface area contributed by atoms with Crippen LogP contribution in [0.1, 0.15) is 6.42 Å². The number of carbonyl (C=O) groups is 1. The van der Waals surface area contributed by atoms with Gasteiger partial charge in [0.1, 0.15) is 5.88 Å². The lowest BCUT2D eigenvalue weighted by Crippen LogP contribution is -2.05. The second-order valence-corrected chi connectivity index (χ2v) is 1.49. The molecule has 0 aliphatic carbocycles. The molecule has 0 aliphatic rings. The molecule has 0 fully saturated rings. The van der Waals surface area contributed by atoms with Crippen LogP contribution in [0, 0.1) is 11.3 Å². The van der Waals surface area contributed by atoms with Crippen LogP contribution in [-0.4, -0.2) is 23.5 Å². The third-order valence-corrected chi connectivity index (χ3v) is 0.537. The summed E-state index contributed by atoms with van der Waals surface area (Å²) in [5.74, 6) is -0.738. The van der Waals surface area contributed by atoms with Crippen molar-refractivity contribution in [3.63, 3.8) is 0 Å². The maximum Gasteiger partial charge on any atom is 0.304 e. The number of hydrogen-bond acceptors (Lipinski definition) is 3. The lowest BCUT2D eigenvalue weighted by molar-refractivity contribution is -0.136. The second kappa shape index (κ2) is 11.1. The molecule has 58 valence electrons. The van der Waals surface area contributed by atoms with E-state index in [1.165, 1.54) is 0 Å². The minimum atomic E-state index is -0.836. The third-order valence-electron chi connectivity index (χ3n) is 0.418. The molecule has 0 unspecified atom stereocenters. The fraction of sp³-hybridized carbons (Fsp3) is 0.600. The van der Waals surface area contributed by atoms with Crippen molar-refractivity contribution in [1.82, 2.24) is 0 Å². The van der Waals surface area contributed by atoms with E-state index in [4.69, 9.17) is 27.7 Å². The van der Waals surface area contributed by atoms with Crippen LogP contribution in [0.4, 0.5) is 0 Å². The molecular formula is C5H9ClN2O2. The topological polar surface area (TPSA) is 87.1 Å². The summed E-state index contributed by atoms with van der Waals surface area (Å²) < 4.78 is 0. The van der Waals surface area contributed by atoms with Crippen LogP contribution in [-0.2, 0) is 4.79 Å². The summed E-state index contributed by atoms with van der Waals surface area (Å²) in [6.45, 7) is 0.231. The number of alkyl halides is 1. The van der Waals surface area contributed by atoms with Gasteiger partial charge in [-0.2, -0.15) is 5.26 Å². The van der Waals surface area contributed by atoms with Gasteiger partial charge in [0.15, 0.2) is 0 Å². The summed E-state index contributed by atoms with van der Waals surface area (Å²) in [4.78, 5) is 9.52. The number of carboxylic acid groups (broad SMARTS) is 1. The van der Waals surface area contributed by atoms with E-state index in [-0.39, 0.29) is 18.8 Å². The standard InChI is InChI=1S/C3H7NO2.C2H2ClN/c4-2-1-3(5)6;3-1-2-4/h1-2,4H2,(H,5,6);1H2. The highest BCUT2D eigenvalue weighted by atomic mass is 35.5. The second-order valence-electron chi connectivity index (χ2n) is 1.22. The zero-order valence-electron chi connectivity index (χ0n) is 5.38. The Morgan fingerprint density at radius 2 is 2.20 bits per heavy atom. The van der Waals surface area contributed by atoms with Crippen LogP contribution >= 0.6 is 11.6 Å². The third kappa shape index (κ3) is 27.0. The lowest BCUT2D eigenvalue weighted by Gasteiger charge is -1.80. The van der Waals surface area contributed by atoms with Gasteiger partial charge < -0.3 is 10.8 Å². The molecule has 4 nitrogen and oxygen atoms in total. The summed E-state index contributed by atoms with van der Waals surface area (Å²) in [6, 6.07) is 1.70. The van der Waals surface area contributed by atoms with Crippen molar-refractivity contribution < 1.29 is 9.90 Å². The Labute approximate surface area is 64.2 Å². The number of nitrogens with two attached hydrogens (primary N) is 1. The fourth-order valence-corrected chi connectivity index (χ4v) is 0.123. The van der Waals surface area contributed by atoms with Crippen molar-refractivity contribution in [2.75, 3.05) is 12.4 Å². The Morgan fingerprint density at radius 1 is 1.80 bits per heavy atom. The van der Waals surface area contributed by atoms with Crippen LogP contribution in [0.3, 0.4) is 0 Å². The molecule has 0 aromatic heterocycles. The molecule has 3 N–H and O–H groups in total. The van der Waals surface area contributed by atoms with E-state index in [1.807, 2.05) is 0 Å². The normalized spacial score (nSPS) is 6.90. The zero-order valence-corrected chi connectivity index (χ0v) is 6.14. The van der Waals surface area contributed by atoms with Gasteiger partial charge in [0.25, 0.3) is 0 Å². The number of nitriles is 1. The van der Waals surface area contributed by atoms with Gasteiger partial charge in [-0.15, -0.1) is 11.6 Å². The number of carboxylic acids is 1. The SMILES string of the molecule is N#CCCl.NCCC(=O)O. The molecule has 5 heteroatoms. The highest BCUT2D eigenvalue weighted by Crippen LogP contribution is 1.67. The van der Waals surface area contributed by atoms with E-state index in [9.17, 15) is 4.79 Å². The van der Waals surface area contributed by atoms with Crippen LogP contribution in [0.5, 0.6) is 0 Å². The number of halogens is 1. The van der Waals surface area contributed by atoms with Crippen molar-refractivity contribution in [1.29, 1.82) is 5.26 Å². The minimum absolute atomic E-state index is 0.0694. The first-order valence-electron chi connectivity index (χ1n) is 2.53. The highest BCUT2D eigenvalue weighted by molar-refractivity contribution is 6.19. The molecule has 0 saturated heterocycles. The highest BCUT2D eigenvalue weighted by Gasteiger charge is 1.87. The Balaban J connectivity index is 0. The number of nitrogens with zero attached hydrogens (tertiary/aromatic N) is 1. The molecule has 0 amide bonds. The van der Waals surface area contributed by atoms with E-state index in [0.29, 0.717) is 0 Å². The molecule has 0 aromatic carbocycles. The average Bonchev–Trinajstić information content (AvgIpc) is 1.89. The van der Waals surface area contributed by atoms with Gasteiger partial charge in [-0.1, -0.05) is 0 Å². The predicted molar refractivity (Wildman–Crippen MR) is 37.6 cm³/mol. The monoisotopic (exact) mass is 164 g/mol. The average molecular weight is 165 g/mol. The van der Waals surface area contributed by atoms with Crippen LogP contribution in [0.15, 0.2) is 0 Å². The molecule has 0 spiro atoms. The summed E-state index contributed by atoms with van der Waals surface area (Å²) in [5.41, 5.74) is 4.85. The van der Waals surface area contributed by atoms with E-state index in [1.54, 1.807) is 6.07 Å². The van der Waals surface area contributed by atoms with Gasteiger partial charge in [-0.3, -0.25) is 4.79 Å². The lowest BCUT2D eigenvalue weighted by atomic mass is 10.5. The van der Waals surface area contributed by atoms with E-state index in [2.05, 4.69) is 0 Å². The number of hydrogen-bond donors (Lipinski definition) is 2. The molecule has 0 aromatic rings. The summed E-state index contributed by atoms with van der Waals surface area (Å²) >= 11 is 4.82. The van der Waals surface area contributed by atoms with Crippen LogP contribution in [0.2, 0.25) is 0 Å². The van der Waals surface area contributed by atoms with Crippen LogP contribution in [0.25, 0.3) is 0 Å². The van der Waals surface area contributed by atoms with Gasteiger partial charge >= 0.3 is 5.97 Å². The predicted octanol–water partition coefficient (Wildman–Crippen LogP) is 0.169. The largest absolute Gasteiger partial charge is 0.481 e. The fourth-order valence-electron chi connectivity index (χ4n) is 0.123. The molecule has 0 rings (SSSR count). The minimum Gasteiger partial charge on any atom is -0.481 e. The maximum atomic E-state index is 9.52. The first-order chi connectivity index (χ1) is 4.68. The van der Waals surface area contributed by atoms with Gasteiger partial charge in [-0.05, 0) is 0 Å². The smallest absolute Gasteiger partial charge is 0.304 e.